The molecular weight excluding hydrogens is 344 g/mol. The first-order valence-electron chi connectivity index (χ1n) is 12.3. The average molecular weight is 394 g/mol. The lowest BCUT2D eigenvalue weighted by Gasteiger charge is -2.39. The Labute approximate surface area is 175 Å². The number of nitrogens with zero attached hydrogens (tertiary/aromatic N) is 1. The number of unbranched alkanes of at least 4 members (excludes halogenated alkanes) is 12. The van der Waals surface area contributed by atoms with E-state index in [2.05, 4.69) is 37.5 Å². The van der Waals surface area contributed by atoms with Gasteiger partial charge in [-0.3, -0.25) is 4.48 Å². The van der Waals surface area contributed by atoms with E-state index in [1.807, 2.05) is 13.1 Å². The predicted molar refractivity (Wildman–Crippen MR) is 123 cm³/mol. The van der Waals surface area contributed by atoms with Gasteiger partial charge in [-0.15, -0.1) is 0 Å². The third-order valence-electron chi connectivity index (χ3n) is 6.46. The molecule has 1 rings (SSSR count). The van der Waals surface area contributed by atoms with Crippen molar-refractivity contribution in [1.29, 1.82) is 0 Å². The molecule has 0 aromatic carbocycles. The summed E-state index contributed by atoms with van der Waals surface area (Å²) in [5.74, 6) is 0. The van der Waals surface area contributed by atoms with Crippen molar-refractivity contribution in [1.82, 2.24) is 5.32 Å². The Morgan fingerprint density at radius 3 is 1.93 bits per heavy atom. The monoisotopic (exact) mass is 393 g/mol. The SMILES string of the molecule is CCCCCCCCCCCCCC/C=C/CCC1NC=C[N+]1(CC)C(C)O. The highest BCUT2D eigenvalue weighted by Gasteiger charge is 2.40. The Morgan fingerprint density at radius 2 is 1.39 bits per heavy atom. The van der Waals surface area contributed by atoms with Crippen molar-refractivity contribution in [2.45, 2.75) is 129 Å². The molecule has 3 heteroatoms. The normalized spacial score (nSPS) is 22.8. The van der Waals surface area contributed by atoms with Crippen molar-refractivity contribution >= 4 is 0 Å². The van der Waals surface area contributed by atoms with Gasteiger partial charge in [-0.05, 0) is 26.2 Å². The van der Waals surface area contributed by atoms with E-state index in [4.69, 9.17) is 0 Å². The number of quaternary nitrogens is 1. The van der Waals surface area contributed by atoms with Gasteiger partial charge in [0.15, 0.2) is 12.4 Å². The minimum Gasteiger partial charge on any atom is -0.345 e. The van der Waals surface area contributed by atoms with Gasteiger partial charge in [0.2, 0.25) is 0 Å². The van der Waals surface area contributed by atoms with Gasteiger partial charge in [0.25, 0.3) is 0 Å². The van der Waals surface area contributed by atoms with Gasteiger partial charge in [-0.2, -0.15) is 0 Å². The second-order valence-electron chi connectivity index (χ2n) is 8.67. The molecule has 3 nitrogen and oxygen atoms in total. The molecule has 1 aliphatic rings. The summed E-state index contributed by atoms with van der Waals surface area (Å²) in [6.07, 6.45) is 29.2. The molecule has 0 radical (unpaired) electrons. The molecule has 0 aliphatic carbocycles. The van der Waals surface area contributed by atoms with Crippen LogP contribution in [0.5, 0.6) is 0 Å². The minimum absolute atomic E-state index is 0.307. The number of aliphatic hydroxyl groups excluding tert-OH is 1. The van der Waals surface area contributed by atoms with Crippen LogP contribution in [0.2, 0.25) is 0 Å². The third-order valence-corrected chi connectivity index (χ3v) is 6.46. The zero-order valence-electron chi connectivity index (χ0n) is 19.2. The first-order chi connectivity index (χ1) is 13.7. The molecule has 0 amide bonds. The van der Waals surface area contributed by atoms with Gasteiger partial charge in [-0.1, -0.05) is 89.7 Å². The van der Waals surface area contributed by atoms with Crippen LogP contribution in [0.1, 0.15) is 117 Å². The number of allylic oxidation sites excluding steroid dienone is 2. The van der Waals surface area contributed by atoms with Gasteiger partial charge in [0, 0.05) is 13.3 Å². The maximum absolute atomic E-state index is 10.2. The van der Waals surface area contributed by atoms with Crippen molar-refractivity contribution in [3.05, 3.63) is 24.6 Å². The van der Waals surface area contributed by atoms with Gasteiger partial charge >= 0.3 is 0 Å². The molecule has 3 atom stereocenters. The second-order valence-corrected chi connectivity index (χ2v) is 8.67. The number of aliphatic hydroxyl groups is 1. The molecule has 0 saturated carbocycles. The number of rotatable bonds is 18. The maximum Gasteiger partial charge on any atom is 0.193 e. The van der Waals surface area contributed by atoms with E-state index in [9.17, 15) is 5.11 Å². The fraction of sp³-hybridized carbons (Fsp3) is 0.840. The Hall–Kier alpha value is -0.800. The van der Waals surface area contributed by atoms with Crippen LogP contribution in [0, 0.1) is 0 Å². The molecule has 164 valence electrons. The Kier molecular flexibility index (Phi) is 14.5. The molecule has 1 aliphatic heterocycles. The van der Waals surface area contributed by atoms with Gasteiger partial charge in [-0.25, -0.2) is 0 Å². The largest absolute Gasteiger partial charge is 0.345 e. The zero-order valence-corrected chi connectivity index (χ0v) is 19.2. The van der Waals surface area contributed by atoms with Crippen molar-refractivity contribution in [2.75, 3.05) is 6.54 Å². The number of nitrogens with one attached hydrogen (secondary N) is 1. The summed E-state index contributed by atoms with van der Waals surface area (Å²) >= 11 is 0. The summed E-state index contributed by atoms with van der Waals surface area (Å²) in [5, 5.41) is 13.6. The van der Waals surface area contributed by atoms with E-state index in [-0.39, 0.29) is 6.23 Å². The fourth-order valence-electron chi connectivity index (χ4n) is 4.43. The van der Waals surface area contributed by atoms with Crippen molar-refractivity contribution in [3.8, 4) is 0 Å². The van der Waals surface area contributed by atoms with Gasteiger partial charge in [0.1, 0.15) is 6.20 Å². The lowest BCUT2D eigenvalue weighted by Crippen LogP contribution is -2.57. The lowest BCUT2D eigenvalue weighted by molar-refractivity contribution is -0.942. The topological polar surface area (TPSA) is 32.3 Å². The number of hydrogen-bond donors (Lipinski definition) is 2. The molecule has 2 N–H and O–H groups in total. The number of hydrogen-bond acceptors (Lipinski definition) is 2. The predicted octanol–water partition coefficient (Wildman–Crippen LogP) is 6.99. The highest BCUT2D eigenvalue weighted by Crippen LogP contribution is 2.25. The molecule has 0 bridgehead atoms. The van der Waals surface area contributed by atoms with Crippen molar-refractivity contribution < 1.29 is 9.59 Å². The molecule has 1 heterocycles. The fourth-order valence-corrected chi connectivity index (χ4v) is 4.43. The van der Waals surface area contributed by atoms with Crippen LogP contribution in [0.25, 0.3) is 0 Å². The summed E-state index contributed by atoms with van der Waals surface area (Å²) in [4.78, 5) is 0. The summed E-state index contributed by atoms with van der Waals surface area (Å²) in [6, 6.07) is 0. The molecule has 3 unspecified atom stereocenters. The smallest absolute Gasteiger partial charge is 0.193 e. The zero-order chi connectivity index (χ0) is 20.5. The van der Waals surface area contributed by atoms with E-state index in [0.717, 1.165) is 19.4 Å². The van der Waals surface area contributed by atoms with Crippen LogP contribution in [-0.2, 0) is 0 Å². The van der Waals surface area contributed by atoms with Crippen LogP contribution < -0.4 is 5.32 Å². The average Bonchev–Trinajstić information content (AvgIpc) is 3.12. The Morgan fingerprint density at radius 1 is 0.857 bits per heavy atom. The van der Waals surface area contributed by atoms with Crippen LogP contribution in [0.3, 0.4) is 0 Å². The second kappa shape index (κ2) is 16.0. The standard InChI is InChI=1S/C25H49N2O/c1-4-6-7-8-9-10-11-12-13-14-15-16-17-18-19-20-21-25-26-22-23-27(25,5-2)24(3)28/h18-19,22-26,28H,4-17,20-21H2,1-3H3/q+1/b19-18+. The van der Waals surface area contributed by atoms with E-state index in [1.54, 1.807) is 0 Å². The molecule has 0 aromatic rings. The first-order valence-corrected chi connectivity index (χ1v) is 12.3. The molecule has 0 aromatic heterocycles. The maximum atomic E-state index is 10.2. The summed E-state index contributed by atoms with van der Waals surface area (Å²) in [7, 11) is 0. The van der Waals surface area contributed by atoms with Crippen LogP contribution in [0.15, 0.2) is 24.6 Å². The molecule has 0 fully saturated rings. The molecule has 0 saturated heterocycles. The minimum atomic E-state index is -0.355. The van der Waals surface area contributed by atoms with Crippen LogP contribution >= 0.6 is 0 Å². The highest BCUT2D eigenvalue weighted by atomic mass is 16.3. The quantitative estimate of drug-likeness (QED) is 0.149. The van der Waals surface area contributed by atoms with Gasteiger partial charge < -0.3 is 10.4 Å². The third kappa shape index (κ3) is 9.60. The van der Waals surface area contributed by atoms with E-state index in [0.29, 0.717) is 10.6 Å². The summed E-state index contributed by atoms with van der Waals surface area (Å²) < 4.78 is 0.645. The molecule has 28 heavy (non-hydrogen) atoms. The lowest BCUT2D eigenvalue weighted by atomic mass is 10.0. The Balaban J connectivity index is 1.93. The van der Waals surface area contributed by atoms with Crippen LogP contribution in [0.4, 0.5) is 0 Å². The Bertz CT molecular complexity index is 419. The van der Waals surface area contributed by atoms with Crippen LogP contribution in [-0.4, -0.2) is 28.5 Å². The van der Waals surface area contributed by atoms with E-state index >= 15 is 0 Å². The molecular formula is C25H49N2O+. The summed E-state index contributed by atoms with van der Waals surface area (Å²) in [5.41, 5.74) is 0. The van der Waals surface area contributed by atoms with Gasteiger partial charge in [0.05, 0.1) is 12.7 Å². The highest BCUT2D eigenvalue weighted by molar-refractivity contribution is 4.88. The first kappa shape index (κ1) is 25.2. The van der Waals surface area contributed by atoms with E-state index < -0.39 is 0 Å². The summed E-state index contributed by atoms with van der Waals surface area (Å²) in [6.45, 7) is 7.27. The molecule has 0 spiro atoms. The van der Waals surface area contributed by atoms with E-state index in [1.165, 1.54) is 83.5 Å². The van der Waals surface area contributed by atoms with Crippen molar-refractivity contribution in [2.24, 2.45) is 0 Å². The van der Waals surface area contributed by atoms with Crippen molar-refractivity contribution in [3.63, 3.8) is 0 Å².